The number of guanidine groups is 1. The highest BCUT2D eigenvalue weighted by molar-refractivity contribution is 14.0. The number of halogens is 1. The van der Waals surface area contributed by atoms with Crippen LogP contribution in [0.1, 0.15) is 21.6 Å². The van der Waals surface area contributed by atoms with Crippen LogP contribution < -0.4 is 20.9 Å². The number of nitrogens with zero attached hydrogens (tertiary/aromatic N) is 3. The normalized spacial score (nSPS) is 10.6. The SMILES string of the molecule is CN=C(NCCc1cccc(C(=O)NC)c1)NCc1cccc(N(C)C)n1.I. The molecule has 1 amide bonds. The molecule has 1 aromatic carbocycles. The van der Waals surface area contributed by atoms with Crippen LogP contribution in [0.25, 0.3) is 0 Å². The van der Waals surface area contributed by atoms with E-state index in [9.17, 15) is 4.79 Å². The van der Waals surface area contributed by atoms with Gasteiger partial charge in [-0.15, -0.1) is 24.0 Å². The van der Waals surface area contributed by atoms with Crippen molar-refractivity contribution < 1.29 is 4.79 Å². The maximum atomic E-state index is 11.7. The molecule has 2 aromatic rings. The van der Waals surface area contributed by atoms with Crippen LogP contribution in [0.3, 0.4) is 0 Å². The van der Waals surface area contributed by atoms with Gasteiger partial charge in [-0.25, -0.2) is 4.98 Å². The third kappa shape index (κ3) is 7.34. The van der Waals surface area contributed by atoms with E-state index in [0.29, 0.717) is 18.7 Å². The number of benzene rings is 1. The predicted molar refractivity (Wildman–Crippen MR) is 126 cm³/mol. The standard InChI is InChI=1S/C20H28N6O.HI/c1-21-19(27)16-8-5-7-15(13-16)11-12-23-20(22-2)24-14-17-9-6-10-18(25-17)26(3)4;/h5-10,13H,11-12,14H2,1-4H3,(H,21,27)(H2,22,23,24);1H. The van der Waals surface area contributed by atoms with Crippen molar-refractivity contribution in [3.8, 4) is 0 Å². The fraction of sp³-hybridized carbons (Fsp3) is 0.350. The van der Waals surface area contributed by atoms with Crippen LogP contribution in [0.5, 0.6) is 0 Å². The number of hydrogen-bond acceptors (Lipinski definition) is 4. The van der Waals surface area contributed by atoms with Crippen molar-refractivity contribution in [2.75, 3.05) is 39.6 Å². The Morgan fingerprint density at radius 2 is 1.89 bits per heavy atom. The van der Waals surface area contributed by atoms with Crippen LogP contribution in [0.4, 0.5) is 5.82 Å². The van der Waals surface area contributed by atoms with Crippen molar-refractivity contribution in [1.29, 1.82) is 0 Å². The van der Waals surface area contributed by atoms with Crippen LogP contribution in [0.15, 0.2) is 47.5 Å². The van der Waals surface area contributed by atoms with Gasteiger partial charge in [-0.3, -0.25) is 9.79 Å². The van der Waals surface area contributed by atoms with Gasteiger partial charge in [0.25, 0.3) is 5.91 Å². The maximum Gasteiger partial charge on any atom is 0.251 e. The van der Waals surface area contributed by atoms with Crippen molar-refractivity contribution >= 4 is 41.7 Å². The van der Waals surface area contributed by atoms with Crippen LogP contribution in [-0.2, 0) is 13.0 Å². The Hall–Kier alpha value is -2.36. The van der Waals surface area contributed by atoms with Gasteiger partial charge in [0.05, 0.1) is 12.2 Å². The largest absolute Gasteiger partial charge is 0.363 e. The predicted octanol–water partition coefficient (Wildman–Crippen LogP) is 2.03. The van der Waals surface area contributed by atoms with E-state index in [1.54, 1.807) is 14.1 Å². The molecule has 28 heavy (non-hydrogen) atoms. The number of carbonyl (C=O) groups is 1. The van der Waals surface area contributed by atoms with E-state index in [0.717, 1.165) is 29.5 Å². The molecule has 0 unspecified atom stereocenters. The second-order valence-corrected chi connectivity index (χ2v) is 6.26. The van der Waals surface area contributed by atoms with Gasteiger partial charge in [0, 0.05) is 40.3 Å². The first-order chi connectivity index (χ1) is 13.0. The summed E-state index contributed by atoms with van der Waals surface area (Å²) in [6.07, 6.45) is 0.792. The van der Waals surface area contributed by atoms with E-state index < -0.39 is 0 Å². The summed E-state index contributed by atoms with van der Waals surface area (Å²) in [6.45, 7) is 1.30. The second-order valence-electron chi connectivity index (χ2n) is 6.26. The highest BCUT2D eigenvalue weighted by atomic mass is 127. The zero-order valence-corrected chi connectivity index (χ0v) is 19.2. The molecular formula is C20H29IN6O. The number of anilines is 1. The number of amides is 1. The molecule has 3 N–H and O–H groups in total. The molecule has 8 heteroatoms. The minimum Gasteiger partial charge on any atom is -0.363 e. The minimum atomic E-state index is -0.0743. The fourth-order valence-electron chi connectivity index (χ4n) is 2.55. The first-order valence-corrected chi connectivity index (χ1v) is 8.92. The van der Waals surface area contributed by atoms with Gasteiger partial charge in [0.15, 0.2) is 5.96 Å². The molecule has 0 aliphatic heterocycles. The summed E-state index contributed by atoms with van der Waals surface area (Å²) in [5, 5.41) is 9.20. The molecular weight excluding hydrogens is 467 g/mol. The molecule has 0 spiro atoms. The number of pyridine rings is 1. The molecule has 2 rings (SSSR count). The zero-order valence-electron chi connectivity index (χ0n) is 16.8. The molecule has 0 aliphatic rings. The van der Waals surface area contributed by atoms with E-state index in [1.165, 1.54) is 0 Å². The fourth-order valence-corrected chi connectivity index (χ4v) is 2.55. The molecule has 0 saturated carbocycles. The average Bonchev–Trinajstić information content (AvgIpc) is 2.70. The lowest BCUT2D eigenvalue weighted by molar-refractivity contribution is 0.0963. The lowest BCUT2D eigenvalue weighted by Gasteiger charge is -2.14. The molecule has 1 aromatic heterocycles. The minimum absolute atomic E-state index is 0. The first kappa shape index (κ1) is 23.7. The molecule has 0 saturated heterocycles. The summed E-state index contributed by atoms with van der Waals surface area (Å²) >= 11 is 0. The number of aromatic nitrogens is 1. The number of rotatable bonds is 7. The van der Waals surface area contributed by atoms with Gasteiger partial charge in [0.1, 0.15) is 5.82 Å². The molecule has 152 valence electrons. The van der Waals surface area contributed by atoms with Crippen molar-refractivity contribution in [2.45, 2.75) is 13.0 Å². The Balaban J connectivity index is 0.00000392. The Kier molecular flexibility index (Phi) is 10.3. The summed E-state index contributed by atoms with van der Waals surface area (Å²) in [5.74, 6) is 1.57. The summed E-state index contributed by atoms with van der Waals surface area (Å²) in [6, 6.07) is 13.6. The molecule has 0 radical (unpaired) electrons. The van der Waals surface area contributed by atoms with Gasteiger partial charge in [-0.05, 0) is 36.2 Å². The Morgan fingerprint density at radius 3 is 2.57 bits per heavy atom. The molecule has 7 nitrogen and oxygen atoms in total. The smallest absolute Gasteiger partial charge is 0.251 e. The van der Waals surface area contributed by atoms with Crippen molar-refractivity contribution in [3.05, 3.63) is 59.3 Å². The average molecular weight is 496 g/mol. The highest BCUT2D eigenvalue weighted by Crippen LogP contribution is 2.08. The Morgan fingerprint density at radius 1 is 1.14 bits per heavy atom. The van der Waals surface area contributed by atoms with Crippen LogP contribution in [0, 0.1) is 0 Å². The lowest BCUT2D eigenvalue weighted by atomic mass is 10.1. The number of carbonyl (C=O) groups excluding carboxylic acids is 1. The van der Waals surface area contributed by atoms with Gasteiger partial charge in [0.2, 0.25) is 0 Å². The third-order valence-electron chi connectivity index (χ3n) is 4.03. The van der Waals surface area contributed by atoms with Gasteiger partial charge in [-0.2, -0.15) is 0 Å². The monoisotopic (exact) mass is 496 g/mol. The Labute approximate surface area is 184 Å². The van der Waals surface area contributed by atoms with E-state index in [-0.39, 0.29) is 29.9 Å². The number of hydrogen-bond donors (Lipinski definition) is 3. The van der Waals surface area contributed by atoms with Crippen LogP contribution in [-0.4, -0.2) is 51.6 Å². The van der Waals surface area contributed by atoms with Crippen LogP contribution >= 0.6 is 24.0 Å². The quantitative estimate of drug-likeness (QED) is 0.311. The maximum absolute atomic E-state index is 11.7. The topological polar surface area (TPSA) is 81.6 Å². The van der Waals surface area contributed by atoms with Gasteiger partial charge < -0.3 is 20.9 Å². The van der Waals surface area contributed by atoms with E-state index in [1.807, 2.05) is 61.5 Å². The van der Waals surface area contributed by atoms with Crippen LogP contribution in [0.2, 0.25) is 0 Å². The van der Waals surface area contributed by atoms with Gasteiger partial charge >= 0.3 is 0 Å². The highest BCUT2D eigenvalue weighted by Gasteiger charge is 2.05. The summed E-state index contributed by atoms with van der Waals surface area (Å²) < 4.78 is 0. The third-order valence-corrected chi connectivity index (χ3v) is 4.03. The molecule has 0 atom stereocenters. The van der Waals surface area contributed by atoms with Crippen molar-refractivity contribution in [2.24, 2.45) is 4.99 Å². The number of aliphatic imine (C=N–C) groups is 1. The van der Waals surface area contributed by atoms with E-state index in [2.05, 4.69) is 25.9 Å². The Bertz CT molecular complexity index is 794. The second kappa shape index (κ2) is 12.2. The molecule has 0 bridgehead atoms. The van der Waals surface area contributed by atoms with E-state index >= 15 is 0 Å². The lowest BCUT2D eigenvalue weighted by Crippen LogP contribution is -2.38. The summed E-state index contributed by atoms with van der Waals surface area (Å²) in [4.78, 5) is 22.5. The summed E-state index contributed by atoms with van der Waals surface area (Å²) in [5.41, 5.74) is 2.71. The molecule has 0 aliphatic carbocycles. The molecule has 0 fully saturated rings. The van der Waals surface area contributed by atoms with Crippen molar-refractivity contribution in [3.63, 3.8) is 0 Å². The van der Waals surface area contributed by atoms with Crippen molar-refractivity contribution in [1.82, 2.24) is 20.9 Å². The summed E-state index contributed by atoms with van der Waals surface area (Å²) in [7, 11) is 7.32. The first-order valence-electron chi connectivity index (χ1n) is 8.92. The van der Waals surface area contributed by atoms with E-state index in [4.69, 9.17) is 0 Å². The number of nitrogens with one attached hydrogen (secondary N) is 3. The van der Waals surface area contributed by atoms with Gasteiger partial charge in [-0.1, -0.05) is 18.2 Å². The zero-order chi connectivity index (χ0) is 19.6. The molecule has 1 heterocycles.